The van der Waals surface area contributed by atoms with Gasteiger partial charge in [0.15, 0.2) is 0 Å². The Morgan fingerprint density at radius 3 is 2.70 bits per heavy atom. The lowest BCUT2D eigenvalue weighted by Crippen LogP contribution is -2.07. The summed E-state index contributed by atoms with van der Waals surface area (Å²) >= 11 is 0. The van der Waals surface area contributed by atoms with Crippen molar-refractivity contribution in [3.8, 4) is 5.88 Å². The number of anilines is 1. The molecule has 0 atom stereocenters. The Labute approximate surface area is 120 Å². The highest BCUT2D eigenvalue weighted by Gasteiger charge is 2.04. The highest BCUT2D eigenvalue weighted by Crippen LogP contribution is 2.14. The standard InChI is InChI=1S/C16H21N3O/c1-4-9-20-15-10-13(3)18-16(19-15)17-11-14-8-6-5-7-12(14)2/h5-8,10H,4,9,11H2,1-3H3,(H,17,18,19). The zero-order valence-corrected chi connectivity index (χ0v) is 12.3. The first kappa shape index (κ1) is 14.3. The van der Waals surface area contributed by atoms with E-state index in [4.69, 9.17) is 4.74 Å². The minimum atomic E-state index is 0.611. The van der Waals surface area contributed by atoms with Crippen LogP contribution in [-0.2, 0) is 6.54 Å². The van der Waals surface area contributed by atoms with Gasteiger partial charge in [-0.05, 0) is 31.4 Å². The number of hydrogen-bond donors (Lipinski definition) is 1. The first-order valence-corrected chi connectivity index (χ1v) is 6.96. The Balaban J connectivity index is 2.05. The largest absolute Gasteiger partial charge is 0.478 e. The Hall–Kier alpha value is -2.10. The van der Waals surface area contributed by atoms with Gasteiger partial charge in [-0.3, -0.25) is 0 Å². The van der Waals surface area contributed by atoms with Crippen molar-refractivity contribution in [3.05, 3.63) is 47.2 Å². The first-order chi connectivity index (χ1) is 9.69. The zero-order valence-electron chi connectivity index (χ0n) is 12.3. The van der Waals surface area contributed by atoms with E-state index in [0.29, 0.717) is 25.0 Å². The number of aryl methyl sites for hydroxylation is 2. The summed E-state index contributed by atoms with van der Waals surface area (Å²) in [6.07, 6.45) is 0.967. The van der Waals surface area contributed by atoms with E-state index in [1.807, 2.05) is 25.1 Å². The summed E-state index contributed by atoms with van der Waals surface area (Å²) in [5.41, 5.74) is 3.40. The van der Waals surface area contributed by atoms with Crippen LogP contribution < -0.4 is 10.1 Å². The molecule has 1 aromatic carbocycles. The lowest BCUT2D eigenvalue weighted by Gasteiger charge is -2.10. The molecule has 1 heterocycles. The molecule has 0 unspecified atom stereocenters. The normalized spacial score (nSPS) is 10.3. The molecular formula is C16H21N3O. The van der Waals surface area contributed by atoms with Crippen LogP contribution in [0.15, 0.2) is 30.3 Å². The monoisotopic (exact) mass is 271 g/mol. The molecule has 20 heavy (non-hydrogen) atoms. The van der Waals surface area contributed by atoms with E-state index in [1.165, 1.54) is 11.1 Å². The van der Waals surface area contributed by atoms with E-state index in [2.05, 4.69) is 41.3 Å². The van der Waals surface area contributed by atoms with Crippen LogP contribution >= 0.6 is 0 Å². The van der Waals surface area contributed by atoms with Gasteiger partial charge >= 0.3 is 0 Å². The quantitative estimate of drug-likeness (QED) is 0.873. The molecule has 1 N–H and O–H groups in total. The number of benzene rings is 1. The van der Waals surface area contributed by atoms with Gasteiger partial charge < -0.3 is 10.1 Å². The van der Waals surface area contributed by atoms with Crippen LogP contribution in [0.4, 0.5) is 5.95 Å². The van der Waals surface area contributed by atoms with Crippen molar-refractivity contribution in [3.63, 3.8) is 0 Å². The van der Waals surface area contributed by atoms with Crippen LogP contribution in [0, 0.1) is 13.8 Å². The number of nitrogens with one attached hydrogen (secondary N) is 1. The van der Waals surface area contributed by atoms with E-state index in [1.54, 1.807) is 0 Å². The Bertz CT molecular complexity index is 569. The highest BCUT2D eigenvalue weighted by atomic mass is 16.5. The molecule has 0 aliphatic rings. The van der Waals surface area contributed by atoms with Crippen molar-refractivity contribution in [2.45, 2.75) is 33.7 Å². The third kappa shape index (κ3) is 3.95. The van der Waals surface area contributed by atoms with Crippen LogP contribution in [0.25, 0.3) is 0 Å². The summed E-state index contributed by atoms with van der Waals surface area (Å²) in [4.78, 5) is 8.76. The van der Waals surface area contributed by atoms with Crippen LogP contribution in [-0.4, -0.2) is 16.6 Å². The molecule has 106 valence electrons. The number of hydrogen-bond acceptors (Lipinski definition) is 4. The summed E-state index contributed by atoms with van der Waals surface area (Å²) in [5.74, 6) is 1.24. The van der Waals surface area contributed by atoms with Crippen molar-refractivity contribution in [1.29, 1.82) is 0 Å². The van der Waals surface area contributed by atoms with Gasteiger partial charge in [-0.25, -0.2) is 4.98 Å². The zero-order chi connectivity index (χ0) is 14.4. The number of nitrogens with zero attached hydrogens (tertiary/aromatic N) is 2. The van der Waals surface area contributed by atoms with Crippen molar-refractivity contribution in [2.24, 2.45) is 0 Å². The van der Waals surface area contributed by atoms with Crippen LogP contribution in [0.2, 0.25) is 0 Å². The smallest absolute Gasteiger partial charge is 0.226 e. The number of aromatic nitrogens is 2. The molecule has 0 fully saturated rings. The molecule has 0 saturated heterocycles. The molecule has 0 aliphatic heterocycles. The first-order valence-electron chi connectivity index (χ1n) is 6.96. The number of ether oxygens (including phenoxy) is 1. The fourth-order valence-corrected chi connectivity index (χ4v) is 1.88. The predicted octanol–water partition coefficient (Wildman–Crippen LogP) is 3.49. The maximum Gasteiger partial charge on any atom is 0.226 e. The predicted molar refractivity (Wildman–Crippen MR) is 81.1 cm³/mol. The van der Waals surface area contributed by atoms with Crippen molar-refractivity contribution >= 4 is 5.95 Å². The van der Waals surface area contributed by atoms with Crippen LogP contribution in [0.1, 0.15) is 30.2 Å². The van der Waals surface area contributed by atoms with Gasteiger partial charge in [0.2, 0.25) is 11.8 Å². The lowest BCUT2D eigenvalue weighted by atomic mass is 10.1. The Kier molecular flexibility index (Phi) is 4.93. The third-order valence-corrected chi connectivity index (χ3v) is 2.98. The number of rotatable bonds is 6. The molecule has 0 bridgehead atoms. The fourth-order valence-electron chi connectivity index (χ4n) is 1.88. The average Bonchev–Trinajstić information content (AvgIpc) is 2.44. The molecule has 0 aliphatic carbocycles. The minimum Gasteiger partial charge on any atom is -0.478 e. The van der Waals surface area contributed by atoms with E-state index in [0.717, 1.165) is 12.1 Å². The van der Waals surface area contributed by atoms with Gasteiger partial charge in [0, 0.05) is 18.3 Å². The van der Waals surface area contributed by atoms with Gasteiger partial charge in [-0.15, -0.1) is 0 Å². The average molecular weight is 271 g/mol. The molecule has 1 aromatic heterocycles. The maximum absolute atomic E-state index is 5.56. The summed E-state index contributed by atoms with van der Waals surface area (Å²) in [6, 6.07) is 10.1. The summed E-state index contributed by atoms with van der Waals surface area (Å²) in [6.45, 7) is 7.51. The summed E-state index contributed by atoms with van der Waals surface area (Å²) < 4.78 is 5.56. The Morgan fingerprint density at radius 2 is 1.95 bits per heavy atom. The minimum absolute atomic E-state index is 0.611. The van der Waals surface area contributed by atoms with Gasteiger partial charge in [0.05, 0.1) is 6.61 Å². The van der Waals surface area contributed by atoms with Gasteiger partial charge in [-0.2, -0.15) is 4.98 Å². The van der Waals surface area contributed by atoms with Crippen molar-refractivity contribution < 1.29 is 4.74 Å². The summed E-state index contributed by atoms with van der Waals surface area (Å²) in [7, 11) is 0. The molecule has 0 amide bonds. The summed E-state index contributed by atoms with van der Waals surface area (Å²) in [5, 5.41) is 3.26. The van der Waals surface area contributed by atoms with Crippen LogP contribution in [0.5, 0.6) is 5.88 Å². The molecule has 2 aromatic rings. The molecule has 4 heteroatoms. The van der Waals surface area contributed by atoms with E-state index < -0.39 is 0 Å². The molecular weight excluding hydrogens is 250 g/mol. The molecule has 0 radical (unpaired) electrons. The molecule has 4 nitrogen and oxygen atoms in total. The highest BCUT2D eigenvalue weighted by molar-refractivity contribution is 5.34. The second-order valence-corrected chi connectivity index (χ2v) is 4.80. The second-order valence-electron chi connectivity index (χ2n) is 4.80. The third-order valence-electron chi connectivity index (χ3n) is 2.98. The van der Waals surface area contributed by atoms with Crippen molar-refractivity contribution in [2.75, 3.05) is 11.9 Å². The van der Waals surface area contributed by atoms with Gasteiger partial charge in [-0.1, -0.05) is 31.2 Å². The van der Waals surface area contributed by atoms with E-state index >= 15 is 0 Å². The molecule has 0 saturated carbocycles. The van der Waals surface area contributed by atoms with Gasteiger partial charge in [0.25, 0.3) is 0 Å². The topological polar surface area (TPSA) is 47.0 Å². The second kappa shape index (κ2) is 6.89. The molecule has 0 spiro atoms. The Morgan fingerprint density at radius 1 is 1.15 bits per heavy atom. The van der Waals surface area contributed by atoms with Gasteiger partial charge in [0.1, 0.15) is 0 Å². The fraction of sp³-hybridized carbons (Fsp3) is 0.375. The van der Waals surface area contributed by atoms with E-state index in [-0.39, 0.29) is 0 Å². The van der Waals surface area contributed by atoms with Crippen molar-refractivity contribution in [1.82, 2.24) is 9.97 Å². The van der Waals surface area contributed by atoms with E-state index in [9.17, 15) is 0 Å². The van der Waals surface area contributed by atoms with Crippen LogP contribution in [0.3, 0.4) is 0 Å². The maximum atomic E-state index is 5.56. The lowest BCUT2D eigenvalue weighted by molar-refractivity contribution is 0.305. The SMILES string of the molecule is CCCOc1cc(C)nc(NCc2ccccc2C)n1. The molecule has 2 rings (SSSR count).